The van der Waals surface area contributed by atoms with E-state index in [1.165, 1.54) is 30.5 Å². The number of pyridine rings is 1. The van der Waals surface area contributed by atoms with Crippen molar-refractivity contribution < 1.29 is 4.79 Å². The maximum Gasteiger partial charge on any atom is 0.274 e. The molecule has 0 aliphatic rings. The summed E-state index contributed by atoms with van der Waals surface area (Å²) in [6, 6.07) is 7.78. The number of nitriles is 1. The Morgan fingerprint density at radius 3 is 2.35 bits per heavy atom. The molecule has 0 saturated heterocycles. The van der Waals surface area contributed by atoms with Crippen molar-refractivity contribution in [3.05, 3.63) is 56.8 Å². The van der Waals surface area contributed by atoms with Crippen molar-refractivity contribution in [2.24, 2.45) is 0 Å². The van der Waals surface area contributed by atoms with E-state index in [0.717, 1.165) is 0 Å². The topological polar surface area (TPSA) is 65.8 Å². The van der Waals surface area contributed by atoms with E-state index in [1.54, 1.807) is 0 Å². The molecule has 0 fully saturated rings. The number of hydrogen-bond acceptors (Lipinski definition) is 3. The van der Waals surface area contributed by atoms with E-state index in [1.807, 2.05) is 6.07 Å². The van der Waals surface area contributed by atoms with Crippen LogP contribution in [0.3, 0.4) is 0 Å². The summed E-state index contributed by atoms with van der Waals surface area (Å²) in [5, 5.41) is 12.0. The van der Waals surface area contributed by atoms with E-state index >= 15 is 0 Å². The van der Waals surface area contributed by atoms with Crippen LogP contribution in [0.5, 0.6) is 0 Å². The van der Waals surface area contributed by atoms with Gasteiger partial charge < -0.3 is 5.32 Å². The third-order valence-electron chi connectivity index (χ3n) is 2.37. The van der Waals surface area contributed by atoms with Gasteiger partial charge in [0.1, 0.15) is 11.8 Å². The summed E-state index contributed by atoms with van der Waals surface area (Å²) in [6.07, 6.45) is 1.31. The molecule has 0 aliphatic heterocycles. The number of anilines is 1. The lowest BCUT2D eigenvalue weighted by molar-refractivity contribution is 0.102. The van der Waals surface area contributed by atoms with Gasteiger partial charge in [-0.2, -0.15) is 5.26 Å². The lowest BCUT2D eigenvalue weighted by Crippen LogP contribution is -2.14. The molecule has 20 heavy (non-hydrogen) atoms. The molecule has 1 aromatic carbocycles. The standard InChI is InChI=1S/C13H6Cl3N3O/c14-8-3-9(15)12(10(16)4-8)19-13(20)11-2-1-7(5-17)6-18-11/h1-4,6H,(H,19,20). The molecular formula is C13H6Cl3N3O. The van der Waals surface area contributed by atoms with Gasteiger partial charge in [-0.3, -0.25) is 4.79 Å². The summed E-state index contributed by atoms with van der Waals surface area (Å²) in [5.41, 5.74) is 0.768. The molecule has 2 aromatic rings. The second-order valence-electron chi connectivity index (χ2n) is 3.74. The predicted molar refractivity (Wildman–Crippen MR) is 78.4 cm³/mol. The van der Waals surface area contributed by atoms with Gasteiger partial charge in [0.15, 0.2) is 0 Å². The Labute approximate surface area is 129 Å². The largest absolute Gasteiger partial charge is 0.318 e. The fourth-order valence-electron chi connectivity index (χ4n) is 1.43. The van der Waals surface area contributed by atoms with Crippen LogP contribution in [-0.2, 0) is 0 Å². The molecule has 0 saturated carbocycles. The molecule has 0 unspecified atom stereocenters. The van der Waals surface area contributed by atoms with Crippen molar-refractivity contribution in [2.75, 3.05) is 5.32 Å². The van der Waals surface area contributed by atoms with Crippen LogP contribution in [0.1, 0.15) is 16.1 Å². The zero-order valence-corrected chi connectivity index (χ0v) is 12.1. The highest BCUT2D eigenvalue weighted by molar-refractivity contribution is 6.42. The SMILES string of the molecule is N#Cc1ccc(C(=O)Nc2c(Cl)cc(Cl)cc2Cl)nc1. The van der Waals surface area contributed by atoms with Crippen LogP contribution in [0.15, 0.2) is 30.5 Å². The second-order valence-corrected chi connectivity index (χ2v) is 4.99. The number of carbonyl (C=O) groups is 1. The van der Waals surface area contributed by atoms with Crippen molar-refractivity contribution in [1.29, 1.82) is 5.26 Å². The molecule has 100 valence electrons. The van der Waals surface area contributed by atoms with Crippen molar-refractivity contribution in [3.63, 3.8) is 0 Å². The molecule has 1 aromatic heterocycles. The first-order valence-corrected chi connectivity index (χ1v) is 6.46. The Bertz CT molecular complexity index is 685. The van der Waals surface area contributed by atoms with Crippen LogP contribution < -0.4 is 5.32 Å². The molecule has 0 bridgehead atoms. The maximum absolute atomic E-state index is 12.0. The smallest absolute Gasteiger partial charge is 0.274 e. The molecule has 7 heteroatoms. The summed E-state index contributed by atoms with van der Waals surface area (Å²) in [7, 11) is 0. The number of nitrogens with one attached hydrogen (secondary N) is 1. The van der Waals surface area contributed by atoms with Crippen molar-refractivity contribution >= 4 is 46.4 Å². The number of amides is 1. The molecule has 2 rings (SSSR count). The highest BCUT2D eigenvalue weighted by atomic mass is 35.5. The van der Waals surface area contributed by atoms with E-state index < -0.39 is 5.91 Å². The monoisotopic (exact) mass is 325 g/mol. The second kappa shape index (κ2) is 6.10. The van der Waals surface area contributed by atoms with E-state index in [9.17, 15) is 4.79 Å². The van der Waals surface area contributed by atoms with E-state index in [4.69, 9.17) is 40.1 Å². The maximum atomic E-state index is 12.0. The third-order valence-corrected chi connectivity index (χ3v) is 3.19. The van der Waals surface area contributed by atoms with Crippen LogP contribution in [0, 0.1) is 11.3 Å². The molecule has 4 nitrogen and oxygen atoms in total. The van der Waals surface area contributed by atoms with Crippen molar-refractivity contribution in [2.45, 2.75) is 0 Å². The number of rotatable bonds is 2. The van der Waals surface area contributed by atoms with Crippen LogP contribution >= 0.6 is 34.8 Å². The number of carbonyl (C=O) groups excluding carboxylic acids is 1. The summed E-state index contributed by atoms with van der Waals surface area (Å²) in [4.78, 5) is 15.9. The zero-order valence-electron chi connectivity index (χ0n) is 9.82. The molecule has 0 atom stereocenters. The fraction of sp³-hybridized carbons (Fsp3) is 0. The highest BCUT2D eigenvalue weighted by Crippen LogP contribution is 2.33. The molecule has 0 aliphatic carbocycles. The van der Waals surface area contributed by atoms with Crippen LogP contribution in [0.25, 0.3) is 0 Å². The van der Waals surface area contributed by atoms with Gasteiger partial charge >= 0.3 is 0 Å². The van der Waals surface area contributed by atoms with E-state index in [2.05, 4.69) is 10.3 Å². The quantitative estimate of drug-likeness (QED) is 0.901. The molecule has 1 heterocycles. The minimum Gasteiger partial charge on any atom is -0.318 e. The van der Waals surface area contributed by atoms with Gasteiger partial charge in [-0.05, 0) is 24.3 Å². The summed E-state index contributed by atoms with van der Waals surface area (Å²) >= 11 is 17.7. The molecule has 1 amide bonds. The predicted octanol–water partition coefficient (Wildman–Crippen LogP) is 4.17. The average molecular weight is 327 g/mol. The first kappa shape index (κ1) is 14.6. The van der Waals surface area contributed by atoms with Gasteiger partial charge in [0.25, 0.3) is 5.91 Å². The first-order chi connectivity index (χ1) is 9.51. The number of nitrogens with zero attached hydrogens (tertiary/aromatic N) is 2. The molecule has 0 spiro atoms. The first-order valence-electron chi connectivity index (χ1n) is 5.33. The minimum absolute atomic E-state index is 0.145. The Morgan fingerprint density at radius 2 is 1.85 bits per heavy atom. The van der Waals surface area contributed by atoms with Gasteiger partial charge in [-0.1, -0.05) is 34.8 Å². The Hall–Kier alpha value is -1.80. The number of aromatic nitrogens is 1. The van der Waals surface area contributed by atoms with Gasteiger partial charge in [0, 0.05) is 11.2 Å². The Kier molecular flexibility index (Phi) is 4.46. The van der Waals surface area contributed by atoms with Gasteiger partial charge in [0.2, 0.25) is 0 Å². The average Bonchev–Trinajstić information content (AvgIpc) is 2.42. The fourth-order valence-corrected chi connectivity index (χ4v) is 2.34. The number of hydrogen-bond donors (Lipinski definition) is 1. The summed E-state index contributed by atoms with van der Waals surface area (Å²) in [6.45, 7) is 0. The lowest BCUT2D eigenvalue weighted by Gasteiger charge is -2.09. The lowest BCUT2D eigenvalue weighted by atomic mass is 10.2. The van der Waals surface area contributed by atoms with Crippen LogP contribution in [0.2, 0.25) is 15.1 Å². The van der Waals surface area contributed by atoms with Crippen LogP contribution in [0.4, 0.5) is 5.69 Å². The summed E-state index contributed by atoms with van der Waals surface area (Å²) < 4.78 is 0. The Morgan fingerprint density at radius 1 is 1.20 bits per heavy atom. The molecular weight excluding hydrogens is 321 g/mol. The van der Waals surface area contributed by atoms with Crippen LogP contribution in [-0.4, -0.2) is 10.9 Å². The third kappa shape index (κ3) is 3.20. The minimum atomic E-state index is -0.486. The van der Waals surface area contributed by atoms with Gasteiger partial charge in [-0.15, -0.1) is 0 Å². The Balaban J connectivity index is 2.26. The number of halogens is 3. The zero-order chi connectivity index (χ0) is 14.7. The number of benzene rings is 1. The normalized spacial score (nSPS) is 9.90. The van der Waals surface area contributed by atoms with E-state index in [0.29, 0.717) is 10.6 Å². The van der Waals surface area contributed by atoms with Gasteiger partial charge in [-0.25, -0.2) is 4.98 Å². The molecule has 0 radical (unpaired) electrons. The van der Waals surface area contributed by atoms with Crippen molar-refractivity contribution in [3.8, 4) is 6.07 Å². The summed E-state index contributed by atoms with van der Waals surface area (Å²) in [5.74, 6) is -0.486. The van der Waals surface area contributed by atoms with Gasteiger partial charge in [0.05, 0.1) is 21.3 Å². The highest BCUT2D eigenvalue weighted by Gasteiger charge is 2.13. The van der Waals surface area contributed by atoms with Crippen molar-refractivity contribution in [1.82, 2.24) is 4.98 Å². The molecule has 1 N–H and O–H groups in total. The van der Waals surface area contributed by atoms with E-state index in [-0.39, 0.29) is 21.4 Å².